The van der Waals surface area contributed by atoms with Gasteiger partial charge in [-0.05, 0) is 54.6 Å². The second-order valence-corrected chi connectivity index (χ2v) is 6.51. The lowest BCUT2D eigenvalue weighted by Gasteiger charge is -2.15. The van der Waals surface area contributed by atoms with Crippen LogP contribution in [0.25, 0.3) is 0 Å². The van der Waals surface area contributed by atoms with Crippen molar-refractivity contribution in [3.63, 3.8) is 0 Å². The molecule has 0 aliphatic carbocycles. The van der Waals surface area contributed by atoms with E-state index in [9.17, 15) is 31.1 Å². The molecular formula is C21H15F6N3O2. The number of nitrogens with one attached hydrogen (secondary N) is 2. The number of aromatic nitrogens is 1. The minimum absolute atomic E-state index is 0.0104. The average Bonchev–Trinajstić information content (AvgIpc) is 2.72. The maximum atomic E-state index is 12.9. The summed E-state index contributed by atoms with van der Waals surface area (Å²) in [5.41, 5.74) is -3.15. The third kappa shape index (κ3) is 6.37. The second-order valence-electron chi connectivity index (χ2n) is 6.51. The summed E-state index contributed by atoms with van der Waals surface area (Å²) in [5.74, 6) is 0.254. The summed E-state index contributed by atoms with van der Waals surface area (Å²) in [5, 5.41) is 4.77. The Kier molecular flexibility index (Phi) is 6.56. The molecule has 2 N–H and O–H groups in total. The number of anilines is 2. The highest BCUT2D eigenvalue weighted by Gasteiger charge is 2.37. The van der Waals surface area contributed by atoms with Gasteiger partial charge in [0.15, 0.2) is 0 Å². The van der Waals surface area contributed by atoms with Crippen LogP contribution in [0.3, 0.4) is 0 Å². The minimum atomic E-state index is -5.00. The van der Waals surface area contributed by atoms with Crippen LogP contribution in [0.2, 0.25) is 0 Å². The smallest absolute Gasteiger partial charge is 0.416 e. The summed E-state index contributed by atoms with van der Waals surface area (Å²) in [7, 11) is 0. The SMILES string of the molecule is O=C(CNc1ccc(Oc2ccncc2)cc1)Nc1cc(C(F)(F)F)cc(C(F)(F)F)c1. The van der Waals surface area contributed by atoms with E-state index >= 15 is 0 Å². The highest BCUT2D eigenvalue weighted by Crippen LogP contribution is 2.37. The highest BCUT2D eigenvalue weighted by molar-refractivity contribution is 5.94. The molecule has 0 fully saturated rings. The van der Waals surface area contributed by atoms with E-state index in [-0.39, 0.29) is 12.6 Å². The molecule has 11 heteroatoms. The summed E-state index contributed by atoms with van der Waals surface area (Å²) >= 11 is 0. The lowest BCUT2D eigenvalue weighted by Crippen LogP contribution is -2.22. The number of benzene rings is 2. The molecule has 168 valence electrons. The third-order valence-corrected chi connectivity index (χ3v) is 4.06. The topological polar surface area (TPSA) is 63.2 Å². The normalized spacial score (nSPS) is 11.7. The van der Waals surface area contributed by atoms with E-state index in [0.29, 0.717) is 29.3 Å². The number of ether oxygens (including phenoxy) is 1. The van der Waals surface area contributed by atoms with Crippen LogP contribution in [-0.4, -0.2) is 17.4 Å². The van der Waals surface area contributed by atoms with E-state index in [4.69, 9.17) is 4.74 Å². The minimum Gasteiger partial charge on any atom is -0.457 e. The highest BCUT2D eigenvalue weighted by atomic mass is 19.4. The van der Waals surface area contributed by atoms with Gasteiger partial charge in [0.25, 0.3) is 0 Å². The Morgan fingerprint density at radius 1 is 0.781 bits per heavy atom. The zero-order chi connectivity index (χ0) is 23.4. The van der Waals surface area contributed by atoms with Crippen molar-refractivity contribution in [3.05, 3.63) is 78.1 Å². The molecule has 1 amide bonds. The lowest BCUT2D eigenvalue weighted by molar-refractivity contribution is -0.143. The number of halogens is 6. The molecule has 1 heterocycles. The number of carbonyl (C=O) groups is 1. The molecule has 0 bridgehead atoms. The van der Waals surface area contributed by atoms with Crippen molar-refractivity contribution in [2.45, 2.75) is 12.4 Å². The molecular weight excluding hydrogens is 440 g/mol. The van der Waals surface area contributed by atoms with E-state index in [2.05, 4.69) is 10.3 Å². The number of amides is 1. The Morgan fingerprint density at radius 2 is 1.31 bits per heavy atom. The molecule has 32 heavy (non-hydrogen) atoms. The Morgan fingerprint density at radius 3 is 1.84 bits per heavy atom. The van der Waals surface area contributed by atoms with Crippen molar-refractivity contribution in [1.82, 2.24) is 4.98 Å². The number of nitrogens with zero attached hydrogens (tertiary/aromatic N) is 1. The first-order valence-electron chi connectivity index (χ1n) is 9.02. The van der Waals surface area contributed by atoms with Crippen molar-refractivity contribution in [1.29, 1.82) is 0 Å². The van der Waals surface area contributed by atoms with Crippen LogP contribution in [0, 0.1) is 0 Å². The molecule has 1 aromatic heterocycles. The van der Waals surface area contributed by atoms with Gasteiger partial charge in [-0.25, -0.2) is 0 Å². The zero-order valence-electron chi connectivity index (χ0n) is 16.1. The second kappa shape index (κ2) is 9.16. The molecule has 3 aromatic rings. The summed E-state index contributed by atoms with van der Waals surface area (Å²) in [6, 6.07) is 10.6. The van der Waals surface area contributed by atoms with Gasteiger partial charge < -0.3 is 15.4 Å². The molecule has 0 atom stereocenters. The summed E-state index contributed by atoms with van der Waals surface area (Å²) in [6.07, 6.45) is -6.88. The number of hydrogen-bond acceptors (Lipinski definition) is 4. The standard InChI is InChI=1S/C21H15F6N3O2/c22-20(23,24)13-9-14(21(25,26)27)11-16(10-13)30-19(31)12-29-15-1-3-17(4-2-15)32-18-5-7-28-8-6-18/h1-11,29H,12H2,(H,30,31). The van der Waals surface area contributed by atoms with Crippen LogP contribution < -0.4 is 15.4 Å². The summed E-state index contributed by atoms with van der Waals surface area (Å²) in [4.78, 5) is 15.9. The van der Waals surface area contributed by atoms with E-state index in [1.54, 1.807) is 48.8 Å². The lowest BCUT2D eigenvalue weighted by atomic mass is 10.1. The van der Waals surface area contributed by atoms with E-state index in [0.717, 1.165) is 0 Å². The predicted octanol–water partition coefficient (Wildman–Crippen LogP) is 5.96. The van der Waals surface area contributed by atoms with E-state index in [1.807, 2.05) is 5.32 Å². The molecule has 0 saturated heterocycles. The maximum absolute atomic E-state index is 12.9. The monoisotopic (exact) mass is 455 g/mol. The fourth-order valence-electron chi connectivity index (χ4n) is 2.60. The maximum Gasteiger partial charge on any atom is 0.416 e. The van der Waals surface area contributed by atoms with Gasteiger partial charge in [-0.1, -0.05) is 0 Å². The van der Waals surface area contributed by atoms with Crippen molar-refractivity contribution in [2.24, 2.45) is 0 Å². The van der Waals surface area contributed by atoms with E-state index < -0.39 is 35.1 Å². The first-order valence-corrected chi connectivity index (χ1v) is 9.02. The van der Waals surface area contributed by atoms with Gasteiger partial charge in [-0.2, -0.15) is 26.3 Å². The quantitative estimate of drug-likeness (QED) is 0.450. The Hall–Kier alpha value is -3.76. The summed E-state index contributed by atoms with van der Waals surface area (Å²) in [6.45, 7) is -0.387. The average molecular weight is 455 g/mol. The Balaban J connectivity index is 1.62. The fraction of sp³-hybridized carbons (Fsp3) is 0.143. The molecule has 0 aliphatic rings. The van der Waals surface area contributed by atoms with Crippen LogP contribution in [0.4, 0.5) is 37.7 Å². The van der Waals surface area contributed by atoms with Crippen molar-refractivity contribution in [2.75, 3.05) is 17.2 Å². The van der Waals surface area contributed by atoms with Crippen molar-refractivity contribution >= 4 is 17.3 Å². The van der Waals surface area contributed by atoms with Crippen LogP contribution in [-0.2, 0) is 17.1 Å². The number of pyridine rings is 1. The van der Waals surface area contributed by atoms with Gasteiger partial charge in [0.1, 0.15) is 11.5 Å². The van der Waals surface area contributed by atoms with Crippen LogP contribution >= 0.6 is 0 Å². The number of hydrogen-bond donors (Lipinski definition) is 2. The van der Waals surface area contributed by atoms with Gasteiger partial charge in [0, 0.05) is 23.8 Å². The largest absolute Gasteiger partial charge is 0.457 e. The van der Waals surface area contributed by atoms with Gasteiger partial charge >= 0.3 is 12.4 Å². The summed E-state index contributed by atoms with van der Waals surface area (Å²) < 4.78 is 83.0. The Bertz CT molecular complexity index is 1040. The molecule has 0 unspecified atom stereocenters. The molecule has 0 radical (unpaired) electrons. The number of carbonyl (C=O) groups excluding carboxylic acids is 1. The van der Waals surface area contributed by atoms with Gasteiger partial charge in [0.05, 0.1) is 17.7 Å². The van der Waals surface area contributed by atoms with Gasteiger partial charge in [-0.3, -0.25) is 9.78 Å². The van der Waals surface area contributed by atoms with Crippen LogP contribution in [0.15, 0.2) is 67.0 Å². The van der Waals surface area contributed by atoms with Crippen LogP contribution in [0.1, 0.15) is 11.1 Å². The third-order valence-electron chi connectivity index (χ3n) is 4.06. The van der Waals surface area contributed by atoms with Gasteiger partial charge in [-0.15, -0.1) is 0 Å². The molecule has 0 aliphatic heterocycles. The molecule has 5 nitrogen and oxygen atoms in total. The Labute approximate surface area is 178 Å². The number of rotatable bonds is 6. The van der Waals surface area contributed by atoms with Gasteiger partial charge in [0.2, 0.25) is 5.91 Å². The first kappa shape index (κ1) is 22.9. The predicted molar refractivity (Wildman–Crippen MR) is 104 cm³/mol. The molecule has 3 rings (SSSR count). The first-order chi connectivity index (χ1) is 15.0. The number of alkyl halides is 6. The zero-order valence-corrected chi connectivity index (χ0v) is 16.1. The van der Waals surface area contributed by atoms with E-state index in [1.165, 1.54) is 0 Å². The molecule has 0 spiro atoms. The molecule has 2 aromatic carbocycles. The van der Waals surface area contributed by atoms with Crippen molar-refractivity contribution in [3.8, 4) is 11.5 Å². The fourth-order valence-corrected chi connectivity index (χ4v) is 2.60. The molecule has 0 saturated carbocycles. The van der Waals surface area contributed by atoms with Crippen molar-refractivity contribution < 1.29 is 35.9 Å². The van der Waals surface area contributed by atoms with Crippen LogP contribution in [0.5, 0.6) is 11.5 Å².